The van der Waals surface area contributed by atoms with Crippen molar-refractivity contribution in [2.75, 3.05) is 13.2 Å². The lowest BCUT2D eigenvalue weighted by molar-refractivity contribution is -0.232. The molecule has 0 bridgehead atoms. The molecule has 2 aromatic carbocycles. The lowest BCUT2D eigenvalue weighted by Crippen LogP contribution is -2.45. The number of carbonyl (C=O) groups excluding carboxylic acids is 3. The summed E-state index contributed by atoms with van der Waals surface area (Å²) in [5.41, 5.74) is 2.25. The number of ether oxygens (including phenoxy) is 4. The molecule has 0 atom stereocenters. The summed E-state index contributed by atoms with van der Waals surface area (Å²) in [6, 6.07) is 14.6. The minimum Gasteiger partial charge on any atom is -0.494 e. The van der Waals surface area contributed by atoms with Crippen LogP contribution in [0.1, 0.15) is 95.3 Å². The molecule has 0 heterocycles. The maximum atomic E-state index is 12.2. The van der Waals surface area contributed by atoms with Crippen molar-refractivity contribution in [3.8, 4) is 16.9 Å². The van der Waals surface area contributed by atoms with E-state index in [0.29, 0.717) is 13.0 Å². The van der Waals surface area contributed by atoms with Crippen LogP contribution < -0.4 is 4.74 Å². The van der Waals surface area contributed by atoms with Gasteiger partial charge in [0.25, 0.3) is 0 Å². The van der Waals surface area contributed by atoms with Crippen molar-refractivity contribution in [3.05, 3.63) is 54.1 Å². The summed E-state index contributed by atoms with van der Waals surface area (Å²) < 4.78 is 20.7. The number of carbonyl (C=O) groups is 4. The van der Waals surface area contributed by atoms with E-state index in [1.165, 1.54) is 32.6 Å². The Morgan fingerprint density at radius 3 is 1.49 bits per heavy atom. The number of esters is 3. The molecule has 0 saturated carbocycles. The zero-order valence-electron chi connectivity index (χ0n) is 24.3. The van der Waals surface area contributed by atoms with E-state index < -0.39 is 29.7 Å². The van der Waals surface area contributed by atoms with Gasteiger partial charge in [-0.05, 0) is 48.2 Å². The molecule has 0 unspecified atom stereocenters. The summed E-state index contributed by atoms with van der Waals surface area (Å²) >= 11 is 0. The fraction of sp³-hybridized carbons (Fsp3) is 0.500. The number of rotatable bonds is 19. The third-order valence-corrected chi connectivity index (χ3v) is 6.41. The van der Waals surface area contributed by atoms with Crippen LogP contribution in [0.4, 0.5) is 0 Å². The number of hydrogen-bond donors (Lipinski definition) is 1. The molecule has 2 rings (SSSR count). The number of hydrogen-bond acceptors (Lipinski definition) is 8. The van der Waals surface area contributed by atoms with E-state index in [1.807, 2.05) is 24.3 Å². The van der Waals surface area contributed by atoms with E-state index in [4.69, 9.17) is 24.1 Å². The van der Waals surface area contributed by atoms with Crippen molar-refractivity contribution in [1.82, 2.24) is 0 Å². The van der Waals surface area contributed by atoms with Crippen LogP contribution in [0.15, 0.2) is 48.5 Å². The third-order valence-electron chi connectivity index (χ3n) is 6.41. The number of aromatic carboxylic acids is 1. The molecule has 2 aromatic rings. The first-order valence-electron chi connectivity index (χ1n) is 14.2. The van der Waals surface area contributed by atoms with Gasteiger partial charge in [-0.1, -0.05) is 75.6 Å². The van der Waals surface area contributed by atoms with Gasteiger partial charge in [0, 0.05) is 20.8 Å². The van der Waals surface area contributed by atoms with Gasteiger partial charge in [0.15, 0.2) is 0 Å². The first kappa shape index (κ1) is 33.3. The first-order valence-corrected chi connectivity index (χ1v) is 14.2. The van der Waals surface area contributed by atoms with E-state index in [9.17, 15) is 19.2 Å². The monoisotopic (exact) mass is 570 g/mol. The van der Waals surface area contributed by atoms with E-state index in [1.54, 1.807) is 24.3 Å². The average molecular weight is 571 g/mol. The van der Waals surface area contributed by atoms with E-state index in [2.05, 4.69) is 0 Å². The molecule has 0 radical (unpaired) electrons. The standard InChI is InChI=1S/C32H42O9/c1-24(33)40-32(3,41-25(2)34)31(37)39-23-13-11-9-7-5-4-6-8-10-12-22-38-29-20-18-27(19-21-29)26-14-16-28(17-15-26)30(35)36/h14-21H,4-13,22-23H2,1-3H3,(H,35,36). The summed E-state index contributed by atoms with van der Waals surface area (Å²) in [7, 11) is 0. The van der Waals surface area contributed by atoms with Gasteiger partial charge in [-0.3, -0.25) is 9.59 Å². The van der Waals surface area contributed by atoms with Crippen LogP contribution in [0.5, 0.6) is 5.75 Å². The third kappa shape index (κ3) is 12.9. The predicted octanol–water partition coefficient (Wildman–Crippen LogP) is 6.72. The molecule has 0 saturated heterocycles. The molecule has 0 aliphatic rings. The van der Waals surface area contributed by atoms with Crippen LogP contribution in [0.2, 0.25) is 0 Å². The molecular weight excluding hydrogens is 528 g/mol. The van der Waals surface area contributed by atoms with Crippen molar-refractivity contribution in [2.45, 2.75) is 90.8 Å². The maximum Gasteiger partial charge on any atom is 0.392 e. The van der Waals surface area contributed by atoms with Gasteiger partial charge < -0.3 is 24.1 Å². The minimum absolute atomic E-state index is 0.172. The predicted molar refractivity (Wildman–Crippen MR) is 153 cm³/mol. The molecule has 224 valence electrons. The van der Waals surface area contributed by atoms with E-state index in [0.717, 1.165) is 62.8 Å². The fourth-order valence-electron chi connectivity index (χ4n) is 4.31. The van der Waals surface area contributed by atoms with Crippen molar-refractivity contribution in [1.29, 1.82) is 0 Å². The Balaban J connectivity index is 1.46. The van der Waals surface area contributed by atoms with Crippen molar-refractivity contribution in [2.24, 2.45) is 0 Å². The topological polar surface area (TPSA) is 125 Å². The van der Waals surface area contributed by atoms with Crippen molar-refractivity contribution < 1.29 is 43.2 Å². The van der Waals surface area contributed by atoms with Crippen LogP contribution in [-0.4, -0.2) is 48.0 Å². The van der Waals surface area contributed by atoms with Crippen LogP contribution in [-0.2, 0) is 28.6 Å². The molecule has 1 N–H and O–H groups in total. The maximum absolute atomic E-state index is 12.2. The molecule has 9 nitrogen and oxygen atoms in total. The summed E-state index contributed by atoms with van der Waals surface area (Å²) in [4.78, 5) is 45.6. The zero-order chi connectivity index (χ0) is 30.1. The first-order chi connectivity index (χ1) is 19.6. The fourth-order valence-corrected chi connectivity index (χ4v) is 4.31. The zero-order valence-corrected chi connectivity index (χ0v) is 24.3. The van der Waals surface area contributed by atoms with Crippen LogP contribution in [0.3, 0.4) is 0 Å². The van der Waals surface area contributed by atoms with Gasteiger partial charge in [0.1, 0.15) is 5.75 Å². The molecule has 0 fully saturated rings. The van der Waals surface area contributed by atoms with Crippen LogP contribution in [0, 0.1) is 0 Å². The Morgan fingerprint density at radius 1 is 0.634 bits per heavy atom. The normalized spacial score (nSPS) is 11.0. The van der Waals surface area contributed by atoms with Gasteiger partial charge in [0.2, 0.25) is 0 Å². The lowest BCUT2D eigenvalue weighted by Gasteiger charge is -2.25. The van der Waals surface area contributed by atoms with Gasteiger partial charge in [-0.25, -0.2) is 9.59 Å². The van der Waals surface area contributed by atoms with Crippen molar-refractivity contribution in [3.63, 3.8) is 0 Å². The smallest absolute Gasteiger partial charge is 0.392 e. The molecule has 0 aromatic heterocycles. The van der Waals surface area contributed by atoms with Gasteiger partial charge in [-0.2, -0.15) is 0 Å². The average Bonchev–Trinajstić information content (AvgIpc) is 2.92. The second kappa shape index (κ2) is 17.7. The van der Waals surface area contributed by atoms with Gasteiger partial charge in [-0.15, -0.1) is 0 Å². The molecular formula is C32H42O9. The highest BCUT2D eigenvalue weighted by Crippen LogP contribution is 2.23. The Morgan fingerprint density at radius 2 is 1.05 bits per heavy atom. The summed E-state index contributed by atoms with van der Waals surface area (Å²) in [5, 5.41) is 9.02. The Hall–Kier alpha value is -3.88. The Kier molecular flexibility index (Phi) is 14.4. The molecule has 0 aliphatic heterocycles. The second-order valence-electron chi connectivity index (χ2n) is 10.1. The van der Waals surface area contributed by atoms with E-state index in [-0.39, 0.29) is 12.2 Å². The van der Waals surface area contributed by atoms with Crippen molar-refractivity contribution >= 4 is 23.9 Å². The van der Waals surface area contributed by atoms with E-state index >= 15 is 0 Å². The molecule has 0 spiro atoms. The Bertz CT molecular complexity index is 1090. The molecule has 9 heteroatoms. The van der Waals surface area contributed by atoms with Gasteiger partial charge in [0.05, 0.1) is 18.8 Å². The highest BCUT2D eigenvalue weighted by molar-refractivity contribution is 5.88. The highest BCUT2D eigenvalue weighted by Gasteiger charge is 2.42. The Labute approximate surface area is 242 Å². The van der Waals surface area contributed by atoms with Gasteiger partial charge >= 0.3 is 29.7 Å². The number of benzene rings is 2. The second-order valence-corrected chi connectivity index (χ2v) is 10.1. The number of unbranched alkanes of at least 4 members (excludes halogenated alkanes) is 9. The quantitative estimate of drug-likeness (QED) is 0.111. The SMILES string of the molecule is CC(=O)OC(C)(OC(C)=O)C(=O)OCCCCCCCCCCCCOc1ccc(-c2ccc(C(=O)O)cc2)cc1. The molecule has 41 heavy (non-hydrogen) atoms. The number of carboxylic acid groups (broad SMARTS) is 1. The number of carboxylic acids is 1. The summed E-state index contributed by atoms with van der Waals surface area (Å²) in [6.45, 7) is 4.30. The van der Waals surface area contributed by atoms with Crippen LogP contribution >= 0.6 is 0 Å². The lowest BCUT2D eigenvalue weighted by atomic mass is 10.0. The largest absolute Gasteiger partial charge is 0.494 e. The summed E-state index contributed by atoms with van der Waals surface area (Å²) in [6.07, 6.45) is 10.6. The molecule has 0 aliphatic carbocycles. The minimum atomic E-state index is -2.06. The molecule has 0 amide bonds. The summed E-state index contributed by atoms with van der Waals surface area (Å²) in [5.74, 6) is -4.55. The van der Waals surface area contributed by atoms with Crippen LogP contribution in [0.25, 0.3) is 11.1 Å². The highest BCUT2D eigenvalue weighted by atomic mass is 16.8.